The van der Waals surface area contributed by atoms with E-state index in [0.29, 0.717) is 16.6 Å². The number of nitrogens with zero attached hydrogens (tertiary/aromatic N) is 3. The van der Waals surface area contributed by atoms with Crippen molar-refractivity contribution in [3.8, 4) is 5.69 Å². The summed E-state index contributed by atoms with van der Waals surface area (Å²) in [6.45, 7) is 1.92. The van der Waals surface area contributed by atoms with Crippen LogP contribution in [-0.4, -0.2) is 14.5 Å². The van der Waals surface area contributed by atoms with E-state index in [1.54, 1.807) is 24.3 Å². The average Bonchev–Trinajstić information content (AvgIpc) is 2.65. The Morgan fingerprint density at radius 2 is 1.85 bits per heavy atom. The smallest absolute Gasteiger partial charge is 0.267 e. The Hall–Kier alpha value is -3.54. The van der Waals surface area contributed by atoms with E-state index >= 15 is 0 Å². The molecule has 0 radical (unpaired) electrons. The van der Waals surface area contributed by atoms with Gasteiger partial charge in [0.2, 0.25) is 5.95 Å². The molecule has 5 nitrogen and oxygen atoms in total. The van der Waals surface area contributed by atoms with E-state index in [4.69, 9.17) is 0 Å². The van der Waals surface area contributed by atoms with E-state index in [9.17, 15) is 9.18 Å². The fourth-order valence-corrected chi connectivity index (χ4v) is 2.78. The van der Waals surface area contributed by atoms with E-state index in [-0.39, 0.29) is 17.3 Å². The largest absolute Gasteiger partial charge is 0.307 e. The third-order valence-electron chi connectivity index (χ3n) is 4.03. The van der Waals surface area contributed by atoms with Gasteiger partial charge >= 0.3 is 0 Å². The summed E-state index contributed by atoms with van der Waals surface area (Å²) in [5.74, 6) is -0.309. The van der Waals surface area contributed by atoms with Crippen molar-refractivity contribution in [2.24, 2.45) is 0 Å². The molecule has 6 heteroatoms. The molecule has 0 saturated heterocycles. The fourth-order valence-electron chi connectivity index (χ4n) is 2.78. The van der Waals surface area contributed by atoms with Gasteiger partial charge in [-0.3, -0.25) is 4.79 Å². The van der Waals surface area contributed by atoms with Gasteiger partial charge in [-0.05, 0) is 43.3 Å². The summed E-state index contributed by atoms with van der Waals surface area (Å²) >= 11 is 0. The number of para-hydroxylation sites is 1. The van der Waals surface area contributed by atoms with E-state index in [1.807, 2.05) is 31.2 Å². The Labute approximate surface area is 148 Å². The van der Waals surface area contributed by atoms with Crippen molar-refractivity contribution in [3.63, 3.8) is 0 Å². The normalized spacial score (nSPS) is 10.8. The molecule has 0 aliphatic rings. The number of nitrogens with one attached hydrogen (secondary N) is 1. The van der Waals surface area contributed by atoms with Crippen LogP contribution in [0.3, 0.4) is 0 Å². The summed E-state index contributed by atoms with van der Waals surface area (Å²) in [6.07, 6.45) is 1.47. The van der Waals surface area contributed by atoms with Crippen molar-refractivity contribution in [2.75, 3.05) is 5.32 Å². The summed E-state index contributed by atoms with van der Waals surface area (Å²) in [6, 6.07) is 17.4. The van der Waals surface area contributed by atoms with Crippen molar-refractivity contribution in [2.45, 2.75) is 6.92 Å². The standard InChI is InChI=1S/C20H15FN4O/c1-13-9-10-17-15(12-13)19(26)25(14-6-3-2-4-7-14)20(23-17)24-18-16(21)8-5-11-22-18/h2-12H,1H3,(H,22,23,24). The topological polar surface area (TPSA) is 59.8 Å². The van der Waals surface area contributed by atoms with E-state index in [0.717, 1.165) is 5.56 Å². The summed E-state index contributed by atoms with van der Waals surface area (Å²) in [5, 5.41) is 3.35. The molecule has 4 rings (SSSR count). The van der Waals surface area contributed by atoms with Gasteiger partial charge in [-0.15, -0.1) is 0 Å². The van der Waals surface area contributed by atoms with Crippen LogP contribution >= 0.6 is 0 Å². The Morgan fingerprint density at radius 1 is 1.04 bits per heavy atom. The van der Waals surface area contributed by atoms with Crippen molar-refractivity contribution >= 4 is 22.7 Å². The van der Waals surface area contributed by atoms with Crippen LogP contribution in [0.5, 0.6) is 0 Å². The van der Waals surface area contributed by atoms with Crippen molar-refractivity contribution in [1.29, 1.82) is 0 Å². The number of benzene rings is 2. The lowest BCUT2D eigenvalue weighted by atomic mass is 10.1. The highest BCUT2D eigenvalue weighted by Crippen LogP contribution is 2.21. The molecule has 26 heavy (non-hydrogen) atoms. The van der Waals surface area contributed by atoms with Crippen LogP contribution in [-0.2, 0) is 0 Å². The molecule has 0 fully saturated rings. The Kier molecular flexibility index (Phi) is 3.93. The monoisotopic (exact) mass is 346 g/mol. The second kappa shape index (κ2) is 6.40. The molecule has 4 aromatic rings. The minimum absolute atomic E-state index is 0.00976. The highest BCUT2D eigenvalue weighted by atomic mass is 19.1. The predicted octanol–water partition coefficient (Wildman–Crippen LogP) is 3.97. The first kappa shape index (κ1) is 16.0. The number of hydrogen-bond donors (Lipinski definition) is 1. The van der Waals surface area contributed by atoms with Crippen molar-refractivity contribution in [1.82, 2.24) is 14.5 Å². The molecule has 1 N–H and O–H groups in total. The highest BCUT2D eigenvalue weighted by molar-refractivity contribution is 5.80. The summed E-state index contributed by atoms with van der Waals surface area (Å²) in [5.41, 5.74) is 1.90. The molecule has 0 spiro atoms. The van der Waals surface area contributed by atoms with E-state index in [2.05, 4.69) is 15.3 Å². The van der Waals surface area contributed by atoms with Crippen LogP contribution in [0.15, 0.2) is 71.7 Å². The molecule has 0 unspecified atom stereocenters. The van der Waals surface area contributed by atoms with E-state index < -0.39 is 5.82 Å². The molecule has 0 saturated carbocycles. The first-order valence-corrected chi connectivity index (χ1v) is 8.10. The summed E-state index contributed by atoms with van der Waals surface area (Å²) in [4.78, 5) is 21.7. The molecular weight excluding hydrogens is 331 g/mol. The Bertz CT molecular complexity index is 1160. The molecule has 128 valence electrons. The number of rotatable bonds is 3. The average molecular weight is 346 g/mol. The zero-order valence-electron chi connectivity index (χ0n) is 14.0. The van der Waals surface area contributed by atoms with E-state index in [1.165, 1.54) is 22.9 Å². The minimum Gasteiger partial charge on any atom is -0.307 e. The Balaban J connectivity index is 2.00. The van der Waals surface area contributed by atoms with Gasteiger partial charge < -0.3 is 5.32 Å². The van der Waals surface area contributed by atoms with Gasteiger partial charge in [0.15, 0.2) is 11.6 Å². The van der Waals surface area contributed by atoms with Crippen LogP contribution in [0.1, 0.15) is 5.56 Å². The molecule has 0 amide bonds. The number of halogens is 1. The quantitative estimate of drug-likeness (QED) is 0.610. The van der Waals surface area contributed by atoms with Gasteiger partial charge in [-0.25, -0.2) is 18.9 Å². The van der Waals surface area contributed by atoms with Crippen LogP contribution in [0.25, 0.3) is 16.6 Å². The van der Waals surface area contributed by atoms with Crippen molar-refractivity contribution in [3.05, 3.63) is 88.6 Å². The van der Waals surface area contributed by atoms with Crippen LogP contribution < -0.4 is 10.9 Å². The maximum atomic E-state index is 14.0. The third-order valence-corrected chi connectivity index (χ3v) is 4.03. The molecule has 0 aliphatic carbocycles. The van der Waals surface area contributed by atoms with Gasteiger partial charge in [-0.1, -0.05) is 29.8 Å². The SMILES string of the molecule is Cc1ccc2nc(Nc3ncccc3F)n(-c3ccccc3)c(=O)c2c1. The summed E-state index contributed by atoms with van der Waals surface area (Å²) in [7, 11) is 0. The lowest BCUT2D eigenvalue weighted by molar-refractivity contribution is 0.626. The van der Waals surface area contributed by atoms with Gasteiger partial charge in [0.05, 0.1) is 16.6 Å². The molecule has 2 heterocycles. The lowest BCUT2D eigenvalue weighted by Gasteiger charge is -2.15. The first-order chi connectivity index (χ1) is 12.6. The summed E-state index contributed by atoms with van der Waals surface area (Å²) < 4.78 is 15.5. The van der Waals surface area contributed by atoms with Crippen LogP contribution in [0, 0.1) is 12.7 Å². The van der Waals surface area contributed by atoms with Crippen LogP contribution in [0.4, 0.5) is 16.2 Å². The maximum Gasteiger partial charge on any atom is 0.267 e. The van der Waals surface area contributed by atoms with Gasteiger partial charge in [-0.2, -0.15) is 0 Å². The molecule has 2 aromatic heterocycles. The fraction of sp³-hybridized carbons (Fsp3) is 0.0500. The minimum atomic E-state index is -0.523. The number of anilines is 2. The second-order valence-electron chi connectivity index (χ2n) is 5.89. The maximum absolute atomic E-state index is 14.0. The lowest BCUT2D eigenvalue weighted by Crippen LogP contribution is -2.23. The third kappa shape index (κ3) is 2.82. The number of pyridine rings is 1. The molecule has 0 bridgehead atoms. The number of hydrogen-bond acceptors (Lipinski definition) is 4. The van der Waals surface area contributed by atoms with Gasteiger partial charge in [0.25, 0.3) is 5.56 Å². The van der Waals surface area contributed by atoms with Crippen molar-refractivity contribution < 1.29 is 4.39 Å². The molecule has 0 atom stereocenters. The predicted molar refractivity (Wildman–Crippen MR) is 99.6 cm³/mol. The number of aromatic nitrogens is 3. The molecule has 0 aliphatic heterocycles. The highest BCUT2D eigenvalue weighted by Gasteiger charge is 2.15. The number of fused-ring (bicyclic) bond motifs is 1. The zero-order valence-corrected chi connectivity index (χ0v) is 14.0. The molecule has 2 aromatic carbocycles. The first-order valence-electron chi connectivity index (χ1n) is 8.10. The second-order valence-corrected chi connectivity index (χ2v) is 5.89. The van der Waals surface area contributed by atoms with Gasteiger partial charge in [0, 0.05) is 6.20 Å². The Morgan fingerprint density at radius 3 is 2.62 bits per heavy atom. The zero-order chi connectivity index (χ0) is 18.1. The van der Waals surface area contributed by atoms with Gasteiger partial charge in [0.1, 0.15) is 0 Å². The number of aryl methyl sites for hydroxylation is 1. The van der Waals surface area contributed by atoms with Crippen LogP contribution in [0.2, 0.25) is 0 Å². The molecular formula is C20H15FN4O.